The van der Waals surface area contributed by atoms with Crippen molar-refractivity contribution in [3.8, 4) is 0 Å². The highest BCUT2D eigenvalue weighted by Gasteiger charge is 2.03. The largest absolute Gasteiger partial charge is 0.321 e. The summed E-state index contributed by atoms with van der Waals surface area (Å²) in [5, 5.41) is 1.87. The first-order chi connectivity index (χ1) is 4.83. The molecule has 10 heavy (non-hydrogen) atoms. The summed E-state index contributed by atoms with van der Waals surface area (Å²) < 4.78 is 0. The molecule has 1 radical (unpaired) electrons. The molecule has 0 amide bonds. The lowest BCUT2D eigenvalue weighted by atomic mass is 10.2. The molecular formula is C6H7N2OS. The van der Waals surface area contributed by atoms with E-state index in [-0.39, 0.29) is 0 Å². The highest BCUT2D eigenvalue weighted by Crippen LogP contribution is 2.01. The standard InChI is InChI=1S/C6H7N2OS/c7-5(2-9)1-6-3-10-4-8-6/h3-5H,1,7H2/t5-/m1/s1. The number of carbonyl (C=O) groups excluding carboxylic acids is 1. The fourth-order valence-electron chi connectivity index (χ4n) is 0.605. The van der Waals surface area contributed by atoms with E-state index in [1.54, 1.807) is 11.8 Å². The second kappa shape index (κ2) is 3.43. The maximum Gasteiger partial charge on any atom is 0.217 e. The van der Waals surface area contributed by atoms with Gasteiger partial charge in [-0.2, -0.15) is 0 Å². The minimum absolute atomic E-state index is 0.493. The van der Waals surface area contributed by atoms with E-state index < -0.39 is 6.04 Å². The van der Waals surface area contributed by atoms with Crippen LogP contribution in [0, 0.1) is 0 Å². The predicted octanol–water partition coefficient (Wildman–Crippen LogP) is 0.123. The van der Waals surface area contributed by atoms with Gasteiger partial charge in [-0.1, -0.05) is 0 Å². The first-order valence-corrected chi connectivity index (χ1v) is 3.77. The highest BCUT2D eigenvalue weighted by molar-refractivity contribution is 7.07. The van der Waals surface area contributed by atoms with Gasteiger partial charge in [0.15, 0.2) is 0 Å². The average Bonchev–Trinajstić information content (AvgIpc) is 2.40. The summed E-state index contributed by atoms with van der Waals surface area (Å²) >= 11 is 1.50. The third-order valence-corrected chi connectivity index (χ3v) is 1.70. The maximum atomic E-state index is 9.96. The minimum Gasteiger partial charge on any atom is -0.321 e. The number of nitrogens with zero attached hydrogens (tertiary/aromatic N) is 1. The maximum absolute atomic E-state index is 9.96. The Morgan fingerprint density at radius 3 is 3.20 bits per heavy atom. The Morgan fingerprint density at radius 2 is 2.70 bits per heavy atom. The van der Waals surface area contributed by atoms with Crippen LogP contribution >= 0.6 is 11.3 Å². The van der Waals surface area contributed by atoms with Gasteiger partial charge < -0.3 is 5.73 Å². The molecule has 0 unspecified atom stereocenters. The van der Waals surface area contributed by atoms with Crippen LogP contribution in [0.3, 0.4) is 0 Å². The van der Waals surface area contributed by atoms with Crippen LogP contribution in [0.15, 0.2) is 10.9 Å². The fourth-order valence-corrected chi connectivity index (χ4v) is 1.18. The molecule has 1 rings (SSSR count). The molecule has 0 saturated carbocycles. The molecule has 1 aromatic heterocycles. The van der Waals surface area contributed by atoms with Gasteiger partial charge in [0, 0.05) is 11.8 Å². The first kappa shape index (κ1) is 7.37. The molecule has 0 aliphatic carbocycles. The van der Waals surface area contributed by atoms with Crippen LogP contribution in [0.25, 0.3) is 0 Å². The number of hydrogen-bond acceptors (Lipinski definition) is 4. The molecular weight excluding hydrogens is 148 g/mol. The molecule has 1 atom stereocenters. The summed E-state index contributed by atoms with van der Waals surface area (Å²) in [5.41, 5.74) is 7.88. The van der Waals surface area contributed by atoms with Gasteiger partial charge in [-0.3, -0.25) is 4.79 Å². The molecule has 0 spiro atoms. The zero-order valence-electron chi connectivity index (χ0n) is 5.28. The van der Waals surface area contributed by atoms with E-state index in [4.69, 9.17) is 5.73 Å². The Labute approximate surface area is 62.9 Å². The van der Waals surface area contributed by atoms with Gasteiger partial charge in [-0.05, 0) is 0 Å². The topological polar surface area (TPSA) is 56.0 Å². The second-order valence-electron chi connectivity index (χ2n) is 1.91. The molecule has 0 fully saturated rings. The number of aromatic nitrogens is 1. The Kier molecular flexibility index (Phi) is 2.53. The van der Waals surface area contributed by atoms with Crippen molar-refractivity contribution in [1.82, 2.24) is 4.98 Å². The van der Waals surface area contributed by atoms with Crippen molar-refractivity contribution in [2.24, 2.45) is 5.73 Å². The number of thiazole rings is 1. The van der Waals surface area contributed by atoms with Crippen LogP contribution in [0.1, 0.15) is 5.69 Å². The third kappa shape index (κ3) is 1.89. The van der Waals surface area contributed by atoms with Crippen LogP contribution in [0.2, 0.25) is 0 Å². The number of nitrogens with two attached hydrogens (primary N) is 1. The van der Waals surface area contributed by atoms with E-state index >= 15 is 0 Å². The van der Waals surface area contributed by atoms with E-state index in [1.807, 2.05) is 5.38 Å². The lowest BCUT2D eigenvalue weighted by Gasteiger charge is -1.96. The quantitative estimate of drug-likeness (QED) is 0.674. The smallest absolute Gasteiger partial charge is 0.217 e. The molecule has 1 heterocycles. The molecule has 53 valence electrons. The van der Waals surface area contributed by atoms with E-state index in [1.165, 1.54) is 11.3 Å². The highest BCUT2D eigenvalue weighted by atomic mass is 32.1. The zero-order valence-corrected chi connectivity index (χ0v) is 6.10. The summed E-state index contributed by atoms with van der Waals surface area (Å²) in [6.45, 7) is 0. The van der Waals surface area contributed by atoms with Crippen LogP contribution in [-0.2, 0) is 11.2 Å². The fraction of sp³-hybridized carbons (Fsp3) is 0.333. The Bertz CT molecular complexity index is 198. The van der Waals surface area contributed by atoms with Crippen molar-refractivity contribution in [1.29, 1.82) is 0 Å². The SMILES string of the molecule is N[C@@H]([C]=O)Cc1cscn1. The summed E-state index contributed by atoms with van der Waals surface area (Å²) in [6.07, 6.45) is 2.19. The third-order valence-electron chi connectivity index (χ3n) is 1.06. The normalized spacial score (nSPS) is 12.9. The van der Waals surface area contributed by atoms with Crippen molar-refractivity contribution in [3.63, 3.8) is 0 Å². The van der Waals surface area contributed by atoms with E-state index in [9.17, 15) is 4.79 Å². The molecule has 0 aliphatic rings. The van der Waals surface area contributed by atoms with Gasteiger partial charge in [0.1, 0.15) is 0 Å². The Hall–Kier alpha value is -0.740. The summed E-state index contributed by atoms with van der Waals surface area (Å²) in [4.78, 5) is 13.9. The first-order valence-electron chi connectivity index (χ1n) is 2.83. The van der Waals surface area contributed by atoms with Crippen LogP contribution in [0.4, 0.5) is 0 Å². The Balaban J connectivity index is 2.47. The average molecular weight is 155 g/mol. The minimum atomic E-state index is -0.526. The second-order valence-corrected chi connectivity index (χ2v) is 2.63. The van der Waals surface area contributed by atoms with E-state index in [0.717, 1.165) is 5.69 Å². The lowest BCUT2D eigenvalue weighted by molar-refractivity contribution is 0.540. The van der Waals surface area contributed by atoms with Crippen LogP contribution < -0.4 is 5.73 Å². The predicted molar refractivity (Wildman–Crippen MR) is 39.5 cm³/mol. The number of hydrogen-bond donors (Lipinski definition) is 1. The summed E-state index contributed by atoms with van der Waals surface area (Å²) in [7, 11) is 0. The van der Waals surface area contributed by atoms with Crippen molar-refractivity contribution in [3.05, 3.63) is 16.6 Å². The van der Waals surface area contributed by atoms with Crippen LogP contribution in [0.5, 0.6) is 0 Å². The number of rotatable bonds is 3. The van der Waals surface area contributed by atoms with Gasteiger partial charge in [0.05, 0.1) is 17.2 Å². The van der Waals surface area contributed by atoms with Gasteiger partial charge in [0.25, 0.3) is 0 Å². The van der Waals surface area contributed by atoms with Gasteiger partial charge in [-0.25, -0.2) is 4.98 Å². The monoisotopic (exact) mass is 155 g/mol. The van der Waals surface area contributed by atoms with Gasteiger partial charge >= 0.3 is 0 Å². The molecule has 2 N–H and O–H groups in total. The van der Waals surface area contributed by atoms with Crippen molar-refractivity contribution < 1.29 is 4.79 Å². The van der Waals surface area contributed by atoms with Crippen LogP contribution in [-0.4, -0.2) is 17.3 Å². The summed E-state index contributed by atoms with van der Waals surface area (Å²) in [5.74, 6) is 0. The van der Waals surface area contributed by atoms with Crippen molar-refractivity contribution in [2.45, 2.75) is 12.5 Å². The van der Waals surface area contributed by atoms with E-state index in [2.05, 4.69) is 4.98 Å². The molecule has 1 aromatic rings. The Morgan fingerprint density at radius 1 is 1.90 bits per heavy atom. The molecule has 0 bridgehead atoms. The molecule has 0 aliphatic heterocycles. The zero-order chi connectivity index (χ0) is 7.40. The molecule has 0 saturated heterocycles. The van der Waals surface area contributed by atoms with Gasteiger partial charge in [0.2, 0.25) is 6.29 Å². The summed E-state index contributed by atoms with van der Waals surface area (Å²) in [6, 6.07) is -0.526. The molecule has 0 aromatic carbocycles. The van der Waals surface area contributed by atoms with Crippen molar-refractivity contribution >= 4 is 17.6 Å². The van der Waals surface area contributed by atoms with Crippen molar-refractivity contribution in [2.75, 3.05) is 0 Å². The van der Waals surface area contributed by atoms with E-state index in [0.29, 0.717) is 6.42 Å². The molecule has 4 heteroatoms. The lowest BCUT2D eigenvalue weighted by Crippen LogP contribution is -2.24. The van der Waals surface area contributed by atoms with Gasteiger partial charge in [-0.15, -0.1) is 11.3 Å². The molecule has 3 nitrogen and oxygen atoms in total.